The van der Waals surface area contributed by atoms with Gasteiger partial charge in [0, 0.05) is 22.7 Å². The molecule has 3 aromatic rings. The molecule has 1 saturated heterocycles. The van der Waals surface area contributed by atoms with Gasteiger partial charge < -0.3 is 4.74 Å². The highest BCUT2D eigenvalue weighted by Crippen LogP contribution is 2.50. The van der Waals surface area contributed by atoms with Gasteiger partial charge >= 0.3 is 0 Å². The predicted octanol–water partition coefficient (Wildman–Crippen LogP) is 5.25. The molecule has 0 aliphatic carbocycles. The van der Waals surface area contributed by atoms with E-state index >= 15 is 0 Å². The Morgan fingerprint density at radius 1 is 1.14 bits per heavy atom. The molecule has 0 radical (unpaired) electrons. The van der Waals surface area contributed by atoms with Crippen molar-refractivity contribution in [3.8, 4) is 5.75 Å². The third-order valence-electron chi connectivity index (χ3n) is 3.47. The summed E-state index contributed by atoms with van der Waals surface area (Å²) in [5, 5.41) is 2.45. The fraction of sp³-hybridized carbons (Fsp3) is 0.118. The van der Waals surface area contributed by atoms with Crippen LogP contribution in [0, 0.1) is 0 Å². The highest BCUT2D eigenvalue weighted by Gasteiger charge is 2.32. The second-order valence-corrected chi connectivity index (χ2v) is 6.76. The highest BCUT2D eigenvalue weighted by atomic mass is 79.9. The largest absolute Gasteiger partial charge is 0.487 e. The van der Waals surface area contributed by atoms with Crippen LogP contribution in [0.1, 0.15) is 16.7 Å². The molecule has 0 unspecified atom stereocenters. The molecule has 1 aromatic heterocycles. The van der Waals surface area contributed by atoms with Crippen molar-refractivity contribution in [3.63, 3.8) is 0 Å². The molecule has 110 valence electrons. The second-order valence-electron chi connectivity index (χ2n) is 5.03. The Balaban J connectivity index is 1.57. The molecular weight excluding hydrogens is 362 g/mol. The standard InChI is InChI=1S/C17H12BrNO2S/c18-14-8-15(16(19-9-14)17-21-22-17)20-10-11-5-6-12-3-1-2-4-13(12)7-11/h1-9,17H,10H2/t17-/m1/s1. The molecule has 0 bridgehead atoms. The van der Waals surface area contributed by atoms with E-state index in [-0.39, 0.29) is 5.44 Å². The lowest BCUT2D eigenvalue weighted by Gasteiger charge is -2.10. The fourth-order valence-corrected chi connectivity index (χ4v) is 3.06. The summed E-state index contributed by atoms with van der Waals surface area (Å²) in [5.74, 6) is 0.762. The third-order valence-corrected chi connectivity index (χ3v) is 4.51. The Kier molecular flexibility index (Phi) is 3.78. The van der Waals surface area contributed by atoms with Crippen molar-refractivity contribution in [1.29, 1.82) is 0 Å². The molecule has 0 saturated carbocycles. The van der Waals surface area contributed by atoms with Gasteiger partial charge in [-0.15, -0.1) is 0 Å². The number of benzene rings is 2. The number of fused-ring (bicyclic) bond motifs is 1. The average molecular weight is 374 g/mol. The topological polar surface area (TPSA) is 34.7 Å². The molecule has 1 aliphatic heterocycles. The maximum absolute atomic E-state index is 5.97. The van der Waals surface area contributed by atoms with Gasteiger partial charge in [-0.1, -0.05) is 36.4 Å². The lowest BCUT2D eigenvalue weighted by atomic mass is 10.1. The van der Waals surface area contributed by atoms with Gasteiger partial charge in [0.15, 0.2) is 5.44 Å². The minimum Gasteiger partial charge on any atom is -0.487 e. The number of rotatable bonds is 4. The average Bonchev–Trinajstić information content (AvgIpc) is 3.37. The quantitative estimate of drug-likeness (QED) is 0.461. The van der Waals surface area contributed by atoms with E-state index in [4.69, 9.17) is 8.92 Å². The second kappa shape index (κ2) is 5.91. The number of pyridine rings is 1. The molecule has 2 aromatic carbocycles. The van der Waals surface area contributed by atoms with E-state index in [1.54, 1.807) is 6.20 Å². The Labute approximate surface area is 141 Å². The third kappa shape index (κ3) is 2.97. The smallest absolute Gasteiger partial charge is 0.189 e. The van der Waals surface area contributed by atoms with Gasteiger partial charge in [-0.3, -0.25) is 9.17 Å². The van der Waals surface area contributed by atoms with E-state index in [2.05, 4.69) is 51.2 Å². The van der Waals surface area contributed by atoms with E-state index in [1.165, 1.54) is 22.8 Å². The van der Waals surface area contributed by atoms with Crippen molar-refractivity contribution in [2.24, 2.45) is 0 Å². The first-order valence-electron chi connectivity index (χ1n) is 6.88. The number of aromatic nitrogens is 1. The van der Waals surface area contributed by atoms with E-state index in [9.17, 15) is 0 Å². The summed E-state index contributed by atoms with van der Waals surface area (Å²) in [5.41, 5.74) is 1.97. The molecular formula is C17H12BrNO2S. The first-order chi connectivity index (χ1) is 10.8. The number of ether oxygens (including phenoxy) is 1. The van der Waals surface area contributed by atoms with Crippen LogP contribution in [0.2, 0.25) is 0 Å². The zero-order valence-corrected chi connectivity index (χ0v) is 13.9. The minimum atomic E-state index is -0.000275. The highest BCUT2D eigenvalue weighted by molar-refractivity contribution is 9.10. The molecule has 5 heteroatoms. The zero-order valence-electron chi connectivity index (χ0n) is 11.5. The number of hydrogen-bond acceptors (Lipinski definition) is 4. The lowest BCUT2D eigenvalue weighted by molar-refractivity contribution is 0.296. The first kappa shape index (κ1) is 14.1. The summed E-state index contributed by atoms with van der Waals surface area (Å²) in [7, 11) is 0. The Bertz CT molecular complexity index is 836. The van der Waals surface area contributed by atoms with Gasteiger partial charge in [-0.05, 0) is 44.4 Å². The van der Waals surface area contributed by atoms with Crippen molar-refractivity contribution in [2.75, 3.05) is 0 Å². The van der Waals surface area contributed by atoms with Crippen LogP contribution in [0.25, 0.3) is 10.8 Å². The maximum atomic E-state index is 5.97. The maximum Gasteiger partial charge on any atom is 0.189 e. The Morgan fingerprint density at radius 3 is 2.77 bits per heavy atom. The summed E-state index contributed by atoms with van der Waals surface area (Å²) in [4.78, 5) is 4.38. The minimum absolute atomic E-state index is 0.000275. The summed E-state index contributed by atoms with van der Waals surface area (Å²) in [6.07, 6.45) is 1.76. The molecule has 22 heavy (non-hydrogen) atoms. The number of halogens is 1. The Hall–Kier alpha value is -1.56. The van der Waals surface area contributed by atoms with Crippen molar-refractivity contribution in [2.45, 2.75) is 12.0 Å². The monoisotopic (exact) mass is 373 g/mol. The van der Waals surface area contributed by atoms with E-state index in [0.717, 1.165) is 21.5 Å². The van der Waals surface area contributed by atoms with E-state index in [1.807, 2.05) is 18.2 Å². The summed E-state index contributed by atoms with van der Waals surface area (Å²) < 4.78 is 12.1. The van der Waals surface area contributed by atoms with Crippen molar-refractivity contribution in [3.05, 3.63) is 70.5 Å². The SMILES string of the molecule is Brc1cnc([C@@H]2OS2)c(OCc2ccc3ccccc3c2)c1. The van der Waals surface area contributed by atoms with Crippen molar-refractivity contribution < 1.29 is 8.92 Å². The predicted molar refractivity (Wildman–Crippen MR) is 91.6 cm³/mol. The van der Waals surface area contributed by atoms with Gasteiger partial charge in [0.2, 0.25) is 0 Å². The van der Waals surface area contributed by atoms with Crippen LogP contribution in [0.5, 0.6) is 5.75 Å². The van der Waals surface area contributed by atoms with Crippen molar-refractivity contribution >= 4 is 38.7 Å². The van der Waals surface area contributed by atoms with Crippen LogP contribution in [-0.4, -0.2) is 4.98 Å². The van der Waals surface area contributed by atoms with Crippen LogP contribution in [-0.2, 0) is 10.8 Å². The number of nitrogens with zero attached hydrogens (tertiary/aromatic N) is 1. The summed E-state index contributed by atoms with van der Waals surface area (Å²) in [6, 6.07) is 16.6. The van der Waals surface area contributed by atoms with Gasteiger partial charge in [-0.2, -0.15) is 0 Å². The molecule has 2 heterocycles. The first-order valence-corrected chi connectivity index (χ1v) is 8.47. The van der Waals surface area contributed by atoms with Crippen LogP contribution in [0.15, 0.2) is 59.2 Å². The summed E-state index contributed by atoms with van der Waals surface area (Å²) in [6.45, 7) is 0.507. The molecule has 1 aliphatic rings. The zero-order chi connectivity index (χ0) is 14.9. The lowest BCUT2D eigenvalue weighted by Crippen LogP contribution is -2.00. The van der Waals surface area contributed by atoms with Gasteiger partial charge in [0.25, 0.3) is 0 Å². The summed E-state index contributed by atoms with van der Waals surface area (Å²) >= 11 is 4.84. The molecule has 0 N–H and O–H groups in total. The normalized spacial score (nSPS) is 16.7. The van der Waals surface area contributed by atoms with E-state index in [0.29, 0.717) is 6.61 Å². The van der Waals surface area contributed by atoms with Gasteiger partial charge in [0.1, 0.15) is 18.1 Å². The van der Waals surface area contributed by atoms with Crippen LogP contribution in [0.3, 0.4) is 0 Å². The number of hydrogen-bond donors (Lipinski definition) is 0. The van der Waals surface area contributed by atoms with E-state index < -0.39 is 0 Å². The fourth-order valence-electron chi connectivity index (χ4n) is 2.33. The van der Waals surface area contributed by atoms with Gasteiger partial charge in [0.05, 0.1) is 0 Å². The van der Waals surface area contributed by atoms with Gasteiger partial charge in [-0.25, -0.2) is 0 Å². The molecule has 0 amide bonds. The molecule has 1 atom stereocenters. The van der Waals surface area contributed by atoms with Crippen LogP contribution < -0.4 is 4.74 Å². The Morgan fingerprint density at radius 2 is 1.95 bits per heavy atom. The molecule has 3 nitrogen and oxygen atoms in total. The molecule has 0 spiro atoms. The molecule has 4 rings (SSSR count). The van der Waals surface area contributed by atoms with Crippen LogP contribution >= 0.6 is 28.0 Å². The van der Waals surface area contributed by atoms with Crippen molar-refractivity contribution in [1.82, 2.24) is 4.98 Å². The molecule has 1 fully saturated rings. The van der Waals surface area contributed by atoms with Crippen LogP contribution in [0.4, 0.5) is 0 Å².